The topological polar surface area (TPSA) is 92.6 Å². The molecule has 0 aliphatic rings. The van der Waals surface area contributed by atoms with Crippen LogP contribution in [0, 0.1) is 10.1 Å². The summed E-state index contributed by atoms with van der Waals surface area (Å²) >= 11 is 0. The van der Waals surface area contributed by atoms with Crippen LogP contribution in [0.5, 0.6) is 0 Å². The molecule has 118 valence electrons. The first-order chi connectivity index (χ1) is 9.75. The van der Waals surface area contributed by atoms with Gasteiger partial charge < -0.3 is 5.32 Å². The maximum absolute atomic E-state index is 12.8. The van der Waals surface area contributed by atoms with Crippen LogP contribution < -0.4 is 5.32 Å². The van der Waals surface area contributed by atoms with E-state index in [1.165, 1.54) is 22.5 Å². The summed E-state index contributed by atoms with van der Waals surface area (Å²) in [4.78, 5) is 10.2. The van der Waals surface area contributed by atoms with Crippen molar-refractivity contribution in [2.24, 2.45) is 0 Å². The van der Waals surface area contributed by atoms with Crippen LogP contribution in [0.1, 0.15) is 27.2 Å². The second kappa shape index (κ2) is 6.86. The fraction of sp³-hybridized carbons (Fsp3) is 0.538. The summed E-state index contributed by atoms with van der Waals surface area (Å²) in [5.74, 6) is 0. The lowest BCUT2D eigenvalue weighted by molar-refractivity contribution is -0.387. The van der Waals surface area contributed by atoms with Crippen molar-refractivity contribution in [3.8, 4) is 0 Å². The first-order valence-electron chi connectivity index (χ1n) is 6.73. The van der Waals surface area contributed by atoms with Crippen LogP contribution >= 0.6 is 0 Å². The Hall–Kier alpha value is -1.67. The highest BCUT2D eigenvalue weighted by Crippen LogP contribution is 2.30. The second-order valence-corrected chi connectivity index (χ2v) is 6.76. The van der Waals surface area contributed by atoms with Gasteiger partial charge in [0.15, 0.2) is 4.90 Å². The van der Waals surface area contributed by atoms with Crippen molar-refractivity contribution < 1.29 is 13.3 Å². The van der Waals surface area contributed by atoms with Gasteiger partial charge in [0.2, 0.25) is 10.0 Å². The van der Waals surface area contributed by atoms with Crippen molar-refractivity contribution >= 4 is 21.4 Å². The van der Waals surface area contributed by atoms with Gasteiger partial charge in [-0.15, -0.1) is 0 Å². The SMILES string of the molecule is CCCN(C(C)C)S(=O)(=O)c1cc(NC)ccc1[N+](=O)[O-]. The molecule has 0 aromatic heterocycles. The summed E-state index contributed by atoms with van der Waals surface area (Å²) < 4.78 is 26.8. The maximum atomic E-state index is 12.8. The molecule has 0 saturated heterocycles. The van der Waals surface area contributed by atoms with Crippen LogP contribution in [0.4, 0.5) is 11.4 Å². The van der Waals surface area contributed by atoms with Gasteiger partial charge in [0.1, 0.15) is 0 Å². The Kier molecular flexibility index (Phi) is 5.68. The number of nitro groups is 1. The number of hydrogen-bond acceptors (Lipinski definition) is 5. The van der Waals surface area contributed by atoms with Gasteiger partial charge in [0.05, 0.1) is 4.92 Å². The summed E-state index contributed by atoms with van der Waals surface area (Å²) in [6, 6.07) is 3.73. The summed E-state index contributed by atoms with van der Waals surface area (Å²) in [6.45, 7) is 5.69. The number of sulfonamides is 1. The van der Waals surface area contributed by atoms with E-state index in [0.717, 1.165) is 0 Å². The zero-order chi connectivity index (χ0) is 16.2. The summed E-state index contributed by atoms with van der Waals surface area (Å²) in [5.41, 5.74) is 0.107. The Labute approximate surface area is 125 Å². The Morgan fingerprint density at radius 3 is 2.43 bits per heavy atom. The minimum Gasteiger partial charge on any atom is -0.388 e. The molecule has 0 aliphatic carbocycles. The van der Waals surface area contributed by atoms with Crippen molar-refractivity contribution in [3.63, 3.8) is 0 Å². The standard InChI is InChI=1S/C13H21N3O4S/c1-5-8-15(10(2)3)21(19,20)13-9-11(14-4)6-7-12(13)16(17)18/h6-7,9-10,14H,5,8H2,1-4H3. The third-order valence-electron chi connectivity index (χ3n) is 3.05. The largest absolute Gasteiger partial charge is 0.388 e. The third kappa shape index (κ3) is 3.70. The van der Waals surface area contributed by atoms with Crippen LogP contribution in [0.25, 0.3) is 0 Å². The summed E-state index contributed by atoms with van der Waals surface area (Å²) in [7, 11) is -2.29. The lowest BCUT2D eigenvalue weighted by Crippen LogP contribution is -2.37. The minimum absolute atomic E-state index is 0.271. The third-order valence-corrected chi connectivity index (χ3v) is 5.16. The second-order valence-electron chi connectivity index (χ2n) is 4.90. The highest BCUT2D eigenvalue weighted by Gasteiger charge is 2.33. The molecule has 0 bridgehead atoms. The van der Waals surface area contributed by atoms with Crippen LogP contribution in [0.15, 0.2) is 23.1 Å². The van der Waals surface area contributed by atoms with Gasteiger partial charge in [-0.1, -0.05) is 6.92 Å². The van der Waals surface area contributed by atoms with E-state index in [0.29, 0.717) is 18.7 Å². The number of rotatable bonds is 7. The zero-order valence-electron chi connectivity index (χ0n) is 12.7. The molecule has 0 spiro atoms. The molecular formula is C13H21N3O4S. The molecule has 0 unspecified atom stereocenters. The maximum Gasteiger partial charge on any atom is 0.289 e. The molecule has 0 fully saturated rings. The van der Waals surface area contributed by atoms with Crippen molar-refractivity contribution in [1.29, 1.82) is 0 Å². The van der Waals surface area contributed by atoms with E-state index < -0.39 is 20.6 Å². The van der Waals surface area contributed by atoms with Crippen molar-refractivity contribution in [2.45, 2.75) is 38.1 Å². The average molecular weight is 315 g/mol. The normalized spacial score (nSPS) is 11.9. The van der Waals surface area contributed by atoms with Crippen LogP contribution in [-0.2, 0) is 10.0 Å². The molecule has 0 amide bonds. The van der Waals surface area contributed by atoms with Crippen molar-refractivity contribution in [1.82, 2.24) is 4.31 Å². The van der Waals surface area contributed by atoms with Gasteiger partial charge in [-0.3, -0.25) is 10.1 Å². The summed E-state index contributed by atoms with van der Waals surface area (Å²) in [5, 5.41) is 13.9. The van der Waals surface area contributed by atoms with Gasteiger partial charge in [-0.05, 0) is 32.4 Å². The number of nitro benzene ring substituents is 1. The smallest absolute Gasteiger partial charge is 0.289 e. The Bertz CT molecular complexity index is 614. The van der Waals surface area contributed by atoms with Gasteiger partial charge in [0.25, 0.3) is 5.69 Å². The molecule has 1 aromatic rings. The molecule has 1 rings (SSSR count). The molecule has 21 heavy (non-hydrogen) atoms. The van der Waals surface area contributed by atoms with E-state index in [4.69, 9.17) is 0 Å². The Balaban J connectivity index is 3.50. The predicted octanol–water partition coefficient (Wildman–Crippen LogP) is 2.45. The molecule has 1 aromatic carbocycles. The molecule has 0 saturated carbocycles. The van der Waals surface area contributed by atoms with Gasteiger partial charge in [-0.2, -0.15) is 4.31 Å². The summed E-state index contributed by atoms with van der Waals surface area (Å²) in [6.07, 6.45) is 0.636. The van der Waals surface area contributed by atoms with E-state index in [2.05, 4.69) is 5.32 Å². The number of nitrogens with zero attached hydrogens (tertiary/aromatic N) is 2. The Morgan fingerprint density at radius 1 is 1.38 bits per heavy atom. The van der Waals surface area contributed by atoms with Crippen LogP contribution in [-0.4, -0.2) is 37.3 Å². The molecule has 0 aliphatic heterocycles. The van der Waals surface area contributed by atoms with Gasteiger partial charge in [-0.25, -0.2) is 8.42 Å². The first kappa shape index (κ1) is 17.4. The molecule has 1 N–H and O–H groups in total. The molecule has 0 atom stereocenters. The van der Waals surface area contributed by atoms with E-state index in [9.17, 15) is 18.5 Å². The molecule has 7 nitrogen and oxygen atoms in total. The van der Waals surface area contributed by atoms with Gasteiger partial charge >= 0.3 is 0 Å². The average Bonchev–Trinajstić information content (AvgIpc) is 2.43. The fourth-order valence-electron chi connectivity index (χ4n) is 2.03. The number of benzene rings is 1. The number of hydrogen-bond donors (Lipinski definition) is 1. The van der Waals surface area contributed by atoms with E-state index in [-0.39, 0.29) is 10.9 Å². The van der Waals surface area contributed by atoms with Crippen LogP contribution in [0.3, 0.4) is 0 Å². The van der Waals surface area contributed by atoms with Crippen molar-refractivity contribution in [2.75, 3.05) is 18.9 Å². The highest BCUT2D eigenvalue weighted by molar-refractivity contribution is 7.89. The lowest BCUT2D eigenvalue weighted by atomic mass is 10.3. The molecule has 0 heterocycles. The lowest BCUT2D eigenvalue weighted by Gasteiger charge is -2.25. The van der Waals surface area contributed by atoms with Gasteiger partial charge in [0, 0.05) is 31.4 Å². The quantitative estimate of drug-likeness (QED) is 0.616. The van der Waals surface area contributed by atoms with E-state index in [1.807, 2.05) is 6.92 Å². The predicted molar refractivity (Wildman–Crippen MR) is 82.0 cm³/mol. The fourth-order valence-corrected chi connectivity index (χ4v) is 3.94. The molecule has 8 heteroatoms. The minimum atomic E-state index is -3.92. The highest BCUT2D eigenvalue weighted by atomic mass is 32.2. The molecule has 0 radical (unpaired) electrons. The zero-order valence-corrected chi connectivity index (χ0v) is 13.5. The Morgan fingerprint density at radius 2 is 2.00 bits per heavy atom. The van der Waals surface area contributed by atoms with Crippen molar-refractivity contribution in [3.05, 3.63) is 28.3 Å². The monoisotopic (exact) mass is 315 g/mol. The number of anilines is 1. The molecular weight excluding hydrogens is 294 g/mol. The van der Waals surface area contributed by atoms with E-state index in [1.54, 1.807) is 20.9 Å². The first-order valence-corrected chi connectivity index (χ1v) is 8.17. The number of nitrogens with one attached hydrogen (secondary N) is 1. The van der Waals surface area contributed by atoms with Crippen LogP contribution in [0.2, 0.25) is 0 Å². The van der Waals surface area contributed by atoms with E-state index >= 15 is 0 Å².